The highest BCUT2D eigenvalue weighted by molar-refractivity contribution is 6.31. The van der Waals surface area contributed by atoms with Crippen LogP contribution in [0.4, 0.5) is 13.2 Å². The molecule has 0 bridgehead atoms. The van der Waals surface area contributed by atoms with Gasteiger partial charge in [0.15, 0.2) is 0 Å². The van der Waals surface area contributed by atoms with Gasteiger partial charge in [0.25, 0.3) is 0 Å². The van der Waals surface area contributed by atoms with Crippen molar-refractivity contribution >= 4 is 17.6 Å². The van der Waals surface area contributed by atoms with Crippen LogP contribution in [0.2, 0.25) is 5.02 Å². The maximum Gasteiger partial charge on any atom is 0.417 e. The number of carbonyl (C=O) groups is 1. The molecule has 0 aliphatic rings. The monoisotopic (exact) mass is 429 g/mol. The predicted molar refractivity (Wildman–Crippen MR) is 101 cm³/mol. The summed E-state index contributed by atoms with van der Waals surface area (Å²) in [5, 5.41) is -0.284. The summed E-state index contributed by atoms with van der Waals surface area (Å²) >= 11 is 5.86. The number of carbonyl (C=O) groups excluding carboxylic acids is 1. The van der Waals surface area contributed by atoms with Crippen LogP contribution in [0, 0.1) is 0 Å². The maximum absolute atomic E-state index is 12.7. The molecule has 0 aliphatic carbocycles. The van der Waals surface area contributed by atoms with Crippen LogP contribution in [-0.4, -0.2) is 23.7 Å². The number of aromatic nitrogens is 1. The average Bonchev–Trinajstić information content (AvgIpc) is 2.67. The molecule has 1 atom stereocenters. The highest BCUT2D eigenvalue weighted by atomic mass is 35.5. The van der Waals surface area contributed by atoms with Crippen molar-refractivity contribution in [1.82, 2.24) is 4.98 Å². The molecule has 0 radical (unpaired) electrons. The Morgan fingerprint density at radius 1 is 1.24 bits per heavy atom. The lowest BCUT2D eigenvalue weighted by Gasteiger charge is -2.19. The number of halogens is 4. The van der Waals surface area contributed by atoms with E-state index < -0.39 is 23.8 Å². The normalized spacial score (nSPS) is 12.2. The predicted octanol–water partition coefficient (Wildman–Crippen LogP) is 5.82. The van der Waals surface area contributed by atoms with Crippen LogP contribution in [0.15, 0.2) is 48.7 Å². The molecule has 0 N–H and O–H groups in total. The zero-order valence-corrected chi connectivity index (χ0v) is 16.5. The molecule has 2 rings (SSSR count). The Kier molecular flexibility index (Phi) is 7.50. The van der Waals surface area contributed by atoms with Gasteiger partial charge in [0.2, 0.25) is 5.88 Å². The van der Waals surface area contributed by atoms with E-state index in [0.29, 0.717) is 18.4 Å². The first-order chi connectivity index (χ1) is 13.7. The van der Waals surface area contributed by atoms with Crippen LogP contribution in [0.25, 0.3) is 0 Å². The van der Waals surface area contributed by atoms with E-state index in [1.165, 1.54) is 6.07 Å². The van der Waals surface area contributed by atoms with E-state index >= 15 is 0 Å². The van der Waals surface area contributed by atoms with Gasteiger partial charge < -0.3 is 14.2 Å². The molecule has 9 heteroatoms. The van der Waals surface area contributed by atoms with Crippen LogP contribution >= 0.6 is 11.6 Å². The van der Waals surface area contributed by atoms with Crippen LogP contribution in [0.5, 0.6) is 17.4 Å². The molecule has 0 aliphatic heterocycles. The van der Waals surface area contributed by atoms with Crippen LogP contribution in [0.1, 0.15) is 25.8 Å². The summed E-state index contributed by atoms with van der Waals surface area (Å²) in [6.45, 7) is 7.45. The van der Waals surface area contributed by atoms with Gasteiger partial charge >= 0.3 is 12.1 Å². The van der Waals surface area contributed by atoms with Gasteiger partial charge in [-0.1, -0.05) is 31.2 Å². The van der Waals surface area contributed by atoms with Gasteiger partial charge in [-0.3, -0.25) is 0 Å². The smallest absolute Gasteiger partial charge is 0.417 e. The molecule has 0 saturated carbocycles. The molecule has 156 valence electrons. The van der Waals surface area contributed by atoms with Crippen LogP contribution < -0.4 is 9.47 Å². The zero-order valence-electron chi connectivity index (χ0n) is 15.8. The number of nitrogens with zero attached hydrogens (tertiary/aromatic N) is 1. The highest BCUT2D eigenvalue weighted by Crippen LogP contribution is 2.35. The lowest BCUT2D eigenvalue weighted by Crippen LogP contribution is -2.24. The van der Waals surface area contributed by atoms with Crippen molar-refractivity contribution in [3.05, 3.63) is 59.3 Å². The number of hydrogen-bond donors (Lipinski definition) is 0. The fourth-order valence-corrected chi connectivity index (χ4v) is 2.50. The molecule has 29 heavy (non-hydrogen) atoms. The lowest BCUT2D eigenvalue weighted by molar-refractivity contribution is -0.139. The number of esters is 1. The topological polar surface area (TPSA) is 57.7 Å². The van der Waals surface area contributed by atoms with E-state index in [1.54, 1.807) is 25.1 Å². The van der Waals surface area contributed by atoms with Crippen molar-refractivity contribution in [3.63, 3.8) is 0 Å². The summed E-state index contributed by atoms with van der Waals surface area (Å²) in [5.41, 5.74) is -0.802. The van der Waals surface area contributed by atoms with Crippen molar-refractivity contribution in [2.45, 2.75) is 32.5 Å². The molecule has 0 spiro atoms. The van der Waals surface area contributed by atoms with E-state index in [1.807, 2.05) is 6.92 Å². The molecule has 1 aromatic carbocycles. The van der Waals surface area contributed by atoms with E-state index in [0.717, 1.165) is 6.07 Å². The van der Waals surface area contributed by atoms with Gasteiger partial charge in [-0.2, -0.15) is 13.2 Å². The Labute approximate surface area is 171 Å². The lowest BCUT2D eigenvalue weighted by atomic mass is 10.1. The Balaban J connectivity index is 2.15. The molecule has 5 nitrogen and oxygen atoms in total. The standard InChI is InChI=1S/C20H19ClF3NO4/c1-4-17(12(3)19(26)27-5-2)28-14-7-6-8-15(10-14)29-18-16(21)9-13(11-25-18)20(22,23)24/h6-11,17H,3-5H2,1-2H3. The van der Waals surface area contributed by atoms with Gasteiger partial charge in [0.1, 0.15) is 22.6 Å². The quantitative estimate of drug-likeness (QED) is 0.390. The molecular weight excluding hydrogens is 411 g/mol. The first kappa shape index (κ1) is 22.5. The van der Waals surface area contributed by atoms with E-state index in [9.17, 15) is 18.0 Å². The first-order valence-electron chi connectivity index (χ1n) is 8.68. The molecule has 1 heterocycles. The Morgan fingerprint density at radius 2 is 1.93 bits per heavy atom. The van der Waals surface area contributed by atoms with Crippen LogP contribution in [-0.2, 0) is 15.7 Å². The third kappa shape index (κ3) is 6.12. The molecule has 0 amide bonds. The van der Waals surface area contributed by atoms with Crippen molar-refractivity contribution in [3.8, 4) is 17.4 Å². The maximum atomic E-state index is 12.7. The molecule has 2 aromatic rings. The first-order valence-corrected chi connectivity index (χ1v) is 9.06. The molecule has 1 unspecified atom stereocenters. The number of benzene rings is 1. The largest absolute Gasteiger partial charge is 0.485 e. The molecule has 1 aromatic heterocycles. The van der Waals surface area contributed by atoms with E-state index in [2.05, 4.69) is 11.6 Å². The summed E-state index contributed by atoms with van der Waals surface area (Å²) in [6.07, 6.45) is -4.07. The zero-order chi connectivity index (χ0) is 21.6. The number of rotatable bonds is 8. The third-order valence-electron chi connectivity index (χ3n) is 3.73. The molecular formula is C20H19ClF3NO4. The second-order valence-corrected chi connectivity index (χ2v) is 6.25. The van der Waals surface area contributed by atoms with Gasteiger partial charge in [0.05, 0.1) is 17.7 Å². The number of alkyl halides is 3. The Hall–Kier alpha value is -2.74. The average molecular weight is 430 g/mol. The Bertz CT molecular complexity index is 886. The number of ether oxygens (including phenoxy) is 3. The minimum absolute atomic E-state index is 0.174. The molecule has 0 saturated heterocycles. The van der Waals surface area contributed by atoms with Crippen molar-refractivity contribution in [1.29, 1.82) is 0 Å². The summed E-state index contributed by atoms with van der Waals surface area (Å²) in [4.78, 5) is 15.5. The summed E-state index contributed by atoms with van der Waals surface area (Å²) in [7, 11) is 0. The Morgan fingerprint density at radius 3 is 2.52 bits per heavy atom. The van der Waals surface area contributed by atoms with E-state index in [4.69, 9.17) is 25.8 Å². The fraction of sp³-hybridized carbons (Fsp3) is 0.300. The van der Waals surface area contributed by atoms with Gasteiger partial charge in [-0.05, 0) is 31.5 Å². The van der Waals surface area contributed by atoms with Crippen molar-refractivity contribution in [2.24, 2.45) is 0 Å². The summed E-state index contributed by atoms with van der Waals surface area (Å²) < 4.78 is 54.3. The third-order valence-corrected chi connectivity index (χ3v) is 4.00. The van der Waals surface area contributed by atoms with Crippen molar-refractivity contribution in [2.75, 3.05) is 6.61 Å². The van der Waals surface area contributed by atoms with Crippen molar-refractivity contribution < 1.29 is 32.2 Å². The van der Waals surface area contributed by atoms with Crippen LogP contribution in [0.3, 0.4) is 0 Å². The van der Waals surface area contributed by atoms with Gasteiger partial charge in [0, 0.05) is 12.3 Å². The minimum atomic E-state index is -4.56. The fourth-order valence-electron chi connectivity index (χ4n) is 2.30. The van der Waals surface area contributed by atoms with Gasteiger partial charge in [-0.15, -0.1) is 0 Å². The summed E-state index contributed by atoms with van der Waals surface area (Å²) in [6, 6.07) is 7.04. The number of pyridine rings is 1. The number of hydrogen-bond acceptors (Lipinski definition) is 5. The second-order valence-electron chi connectivity index (χ2n) is 5.85. The summed E-state index contributed by atoms with van der Waals surface area (Å²) in [5.74, 6) is -0.122. The SMILES string of the molecule is C=C(C(=O)OCC)C(CC)Oc1cccc(Oc2ncc(C(F)(F)F)cc2Cl)c1. The minimum Gasteiger partial charge on any atom is -0.485 e. The second kappa shape index (κ2) is 9.65. The molecule has 0 fully saturated rings. The van der Waals surface area contributed by atoms with E-state index in [-0.39, 0.29) is 28.8 Å². The van der Waals surface area contributed by atoms with Gasteiger partial charge in [-0.25, -0.2) is 9.78 Å². The highest BCUT2D eigenvalue weighted by Gasteiger charge is 2.31.